The van der Waals surface area contributed by atoms with E-state index in [2.05, 4.69) is 31.0 Å². The summed E-state index contributed by atoms with van der Waals surface area (Å²) >= 11 is 5.94. The average molecular weight is 431 g/mol. The van der Waals surface area contributed by atoms with Crippen molar-refractivity contribution in [3.8, 4) is 11.3 Å². The normalized spacial score (nSPS) is 14.8. The number of amides is 1. The predicted octanol–water partition coefficient (Wildman–Crippen LogP) is 4.31. The van der Waals surface area contributed by atoms with Crippen LogP contribution in [0.15, 0.2) is 40.0 Å². The third-order valence-electron chi connectivity index (χ3n) is 4.86. The van der Waals surface area contributed by atoms with Gasteiger partial charge >= 0.3 is 0 Å². The lowest BCUT2D eigenvalue weighted by Gasteiger charge is -2.12. The first-order chi connectivity index (χ1) is 14.5. The number of hydrogen-bond donors (Lipinski definition) is 3. The van der Waals surface area contributed by atoms with E-state index in [0.29, 0.717) is 28.4 Å². The van der Waals surface area contributed by atoms with Crippen molar-refractivity contribution >= 4 is 29.3 Å². The summed E-state index contributed by atoms with van der Waals surface area (Å²) in [6.45, 7) is 1.66. The van der Waals surface area contributed by atoms with Gasteiger partial charge in [-0.25, -0.2) is 9.38 Å². The number of aromatic amines is 1. The van der Waals surface area contributed by atoms with E-state index in [4.69, 9.17) is 16.1 Å². The Bertz CT molecular complexity index is 1070. The maximum atomic E-state index is 13.7. The molecule has 8 nitrogen and oxygen atoms in total. The van der Waals surface area contributed by atoms with Gasteiger partial charge in [0.2, 0.25) is 5.96 Å². The van der Waals surface area contributed by atoms with E-state index in [1.807, 2.05) is 0 Å². The standard InChI is InChI=1S/C20H20ClFN6O2/c1-11-16(10-23-30-11)19(29)26-20(24-15-4-2-3-5-15)25-18-9-17(27-28-18)12-6-13(21)8-14(22)7-12/h6-10,15H,2-5H2,1H3,(H3,24,25,26,27,28,29). The Morgan fingerprint density at radius 2 is 2.10 bits per heavy atom. The fourth-order valence-corrected chi connectivity index (χ4v) is 3.59. The van der Waals surface area contributed by atoms with Crippen LogP contribution >= 0.6 is 11.6 Å². The largest absolute Gasteiger partial charge is 0.361 e. The van der Waals surface area contributed by atoms with Gasteiger partial charge in [-0.2, -0.15) is 5.10 Å². The minimum atomic E-state index is -0.443. The number of aliphatic imine (C=N–C) groups is 1. The van der Waals surface area contributed by atoms with Crippen LogP contribution in [0.1, 0.15) is 41.8 Å². The van der Waals surface area contributed by atoms with Crippen molar-refractivity contribution in [2.75, 3.05) is 5.32 Å². The van der Waals surface area contributed by atoms with Crippen molar-refractivity contribution in [2.24, 2.45) is 4.99 Å². The molecule has 0 unspecified atom stereocenters. The number of guanidine groups is 1. The third-order valence-corrected chi connectivity index (χ3v) is 5.08. The number of H-pyrrole nitrogens is 1. The van der Waals surface area contributed by atoms with Gasteiger partial charge in [0.1, 0.15) is 17.1 Å². The van der Waals surface area contributed by atoms with Gasteiger partial charge in [0.15, 0.2) is 5.82 Å². The summed E-state index contributed by atoms with van der Waals surface area (Å²) in [6, 6.07) is 6.03. The van der Waals surface area contributed by atoms with E-state index in [0.717, 1.165) is 25.7 Å². The van der Waals surface area contributed by atoms with Crippen molar-refractivity contribution in [3.63, 3.8) is 0 Å². The zero-order valence-corrected chi connectivity index (χ0v) is 17.0. The smallest absolute Gasteiger partial charge is 0.263 e. The van der Waals surface area contributed by atoms with Crippen molar-refractivity contribution in [3.05, 3.63) is 52.6 Å². The molecule has 4 rings (SSSR count). The zero-order valence-electron chi connectivity index (χ0n) is 16.2. The quantitative estimate of drug-likeness (QED) is 0.422. The number of rotatable bonds is 4. The Hall–Kier alpha value is -3.20. The van der Waals surface area contributed by atoms with E-state index >= 15 is 0 Å². The van der Waals surface area contributed by atoms with Crippen LogP contribution in [0, 0.1) is 12.7 Å². The molecular weight excluding hydrogens is 411 g/mol. The van der Waals surface area contributed by atoms with Crippen LogP contribution in [-0.4, -0.2) is 33.3 Å². The van der Waals surface area contributed by atoms with Gasteiger partial charge < -0.3 is 9.84 Å². The molecule has 0 spiro atoms. The highest BCUT2D eigenvalue weighted by molar-refractivity contribution is 6.30. The average Bonchev–Trinajstić information content (AvgIpc) is 3.43. The van der Waals surface area contributed by atoms with Crippen molar-refractivity contribution in [2.45, 2.75) is 38.6 Å². The van der Waals surface area contributed by atoms with E-state index in [9.17, 15) is 9.18 Å². The molecule has 0 bridgehead atoms. The maximum absolute atomic E-state index is 13.7. The van der Waals surface area contributed by atoms with Gasteiger partial charge in [-0.05, 0) is 38.0 Å². The molecule has 1 saturated carbocycles. The summed E-state index contributed by atoms with van der Waals surface area (Å²) in [5.74, 6) is 0.289. The van der Waals surface area contributed by atoms with Gasteiger partial charge in [-0.15, -0.1) is 0 Å². The first-order valence-corrected chi connectivity index (χ1v) is 9.95. The molecule has 3 N–H and O–H groups in total. The first kappa shape index (κ1) is 20.1. The van der Waals surface area contributed by atoms with E-state index in [1.54, 1.807) is 19.1 Å². The predicted molar refractivity (Wildman–Crippen MR) is 111 cm³/mol. The second-order valence-electron chi connectivity index (χ2n) is 7.12. The Kier molecular flexibility index (Phi) is 5.80. The summed E-state index contributed by atoms with van der Waals surface area (Å²) < 4.78 is 18.6. The highest BCUT2D eigenvalue weighted by Gasteiger charge is 2.19. The van der Waals surface area contributed by atoms with Crippen LogP contribution in [-0.2, 0) is 0 Å². The molecule has 0 radical (unpaired) electrons. The molecule has 0 atom stereocenters. The van der Waals surface area contributed by atoms with Crippen LogP contribution in [0.5, 0.6) is 0 Å². The number of anilines is 1. The molecule has 1 amide bonds. The summed E-state index contributed by atoms with van der Waals surface area (Å²) in [6.07, 6.45) is 5.49. The number of carbonyl (C=O) groups is 1. The number of nitrogens with zero attached hydrogens (tertiary/aromatic N) is 3. The third kappa shape index (κ3) is 4.68. The highest BCUT2D eigenvalue weighted by Crippen LogP contribution is 2.25. The van der Waals surface area contributed by atoms with Gasteiger partial charge in [0.25, 0.3) is 5.91 Å². The lowest BCUT2D eigenvalue weighted by Crippen LogP contribution is -2.37. The Morgan fingerprint density at radius 1 is 1.30 bits per heavy atom. The molecule has 0 aliphatic heterocycles. The van der Waals surface area contributed by atoms with Gasteiger partial charge in [0, 0.05) is 16.7 Å². The number of hydrogen-bond acceptors (Lipinski definition) is 5. The first-order valence-electron chi connectivity index (χ1n) is 9.57. The second-order valence-corrected chi connectivity index (χ2v) is 7.55. The molecular formula is C20H20ClFN6O2. The van der Waals surface area contributed by atoms with Gasteiger partial charge in [-0.3, -0.25) is 15.2 Å². The Labute approximate surface area is 176 Å². The van der Waals surface area contributed by atoms with Gasteiger partial charge in [0.05, 0.1) is 17.9 Å². The molecule has 30 heavy (non-hydrogen) atoms. The molecule has 1 aliphatic rings. The molecule has 2 heterocycles. The van der Waals surface area contributed by atoms with Gasteiger partial charge in [-0.1, -0.05) is 29.6 Å². The summed E-state index contributed by atoms with van der Waals surface area (Å²) in [4.78, 5) is 17.2. The molecule has 1 fully saturated rings. The fraction of sp³-hybridized carbons (Fsp3) is 0.300. The summed E-state index contributed by atoms with van der Waals surface area (Å²) in [5, 5.41) is 16.7. The van der Waals surface area contributed by atoms with Crippen LogP contribution in [0.2, 0.25) is 5.02 Å². The van der Waals surface area contributed by atoms with E-state index in [-0.39, 0.29) is 22.9 Å². The molecule has 1 aliphatic carbocycles. The number of carbonyl (C=O) groups excluding carboxylic acids is 1. The number of benzene rings is 1. The number of aryl methyl sites for hydroxylation is 1. The van der Waals surface area contributed by atoms with Crippen molar-refractivity contribution in [1.82, 2.24) is 20.7 Å². The summed E-state index contributed by atoms with van der Waals surface area (Å²) in [7, 11) is 0. The maximum Gasteiger partial charge on any atom is 0.263 e. The molecule has 0 saturated heterocycles. The monoisotopic (exact) mass is 430 g/mol. The Morgan fingerprint density at radius 3 is 2.80 bits per heavy atom. The minimum Gasteiger partial charge on any atom is -0.361 e. The molecule has 10 heteroatoms. The lowest BCUT2D eigenvalue weighted by molar-refractivity contribution is 0.0975. The van der Waals surface area contributed by atoms with Crippen LogP contribution in [0.4, 0.5) is 10.2 Å². The number of aromatic nitrogens is 3. The minimum absolute atomic E-state index is 0.122. The summed E-state index contributed by atoms with van der Waals surface area (Å²) in [5.41, 5.74) is 1.45. The topological polar surface area (TPSA) is 108 Å². The lowest BCUT2D eigenvalue weighted by atomic mass is 10.1. The Balaban J connectivity index is 1.55. The van der Waals surface area contributed by atoms with Crippen LogP contribution in [0.25, 0.3) is 11.3 Å². The molecule has 156 valence electrons. The van der Waals surface area contributed by atoms with Crippen molar-refractivity contribution < 1.29 is 13.7 Å². The fourth-order valence-electron chi connectivity index (χ4n) is 3.37. The number of halogens is 2. The van der Waals surface area contributed by atoms with E-state index < -0.39 is 5.82 Å². The molecule has 1 aromatic carbocycles. The SMILES string of the molecule is Cc1oncc1C(=O)NC(=NC1CCCC1)Nc1cc(-c2cc(F)cc(Cl)c2)[nH]n1. The highest BCUT2D eigenvalue weighted by atomic mass is 35.5. The van der Waals surface area contributed by atoms with Crippen LogP contribution < -0.4 is 10.6 Å². The second kappa shape index (κ2) is 8.66. The molecule has 3 aromatic rings. The number of nitrogens with one attached hydrogen (secondary N) is 3. The van der Waals surface area contributed by atoms with Crippen LogP contribution in [0.3, 0.4) is 0 Å². The molecule has 2 aromatic heterocycles. The van der Waals surface area contributed by atoms with E-state index in [1.165, 1.54) is 18.3 Å². The van der Waals surface area contributed by atoms with Crippen molar-refractivity contribution in [1.29, 1.82) is 0 Å². The zero-order chi connectivity index (χ0) is 21.1.